The Kier molecular flexibility index (Phi) is 5.33. The van der Waals surface area contributed by atoms with Gasteiger partial charge in [-0.05, 0) is 54.1 Å². The number of rotatable bonds is 6. The second-order valence-electron chi connectivity index (χ2n) is 6.23. The van der Waals surface area contributed by atoms with Gasteiger partial charge in [0.2, 0.25) is 0 Å². The summed E-state index contributed by atoms with van der Waals surface area (Å²) in [6, 6.07) is 18.5. The summed E-state index contributed by atoms with van der Waals surface area (Å²) in [6.07, 6.45) is 5.07. The zero-order chi connectivity index (χ0) is 19.2. The van der Waals surface area contributed by atoms with Crippen molar-refractivity contribution in [2.75, 3.05) is 13.2 Å². The van der Waals surface area contributed by atoms with Crippen molar-refractivity contribution in [3.8, 4) is 17.2 Å². The highest BCUT2D eigenvalue weighted by molar-refractivity contribution is 6.07. The van der Waals surface area contributed by atoms with Gasteiger partial charge in [0.25, 0.3) is 0 Å². The van der Waals surface area contributed by atoms with Crippen molar-refractivity contribution in [2.24, 2.45) is 0 Å². The topological polar surface area (TPSA) is 57.7 Å². The first kappa shape index (κ1) is 17.8. The van der Waals surface area contributed by atoms with Gasteiger partial charge < -0.3 is 14.2 Å². The molecular weight excluding hydrogens is 354 g/mol. The highest BCUT2D eigenvalue weighted by atomic mass is 16.6. The van der Waals surface area contributed by atoms with E-state index in [9.17, 15) is 4.79 Å². The molecule has 0 amide bonds. The van der Waals surface area contributed by atoms with E-state index < -0.39 is 0 Å². The number of hydrogen-bond donors (Lipinski definition) is 0. The first-order valence-corrected chi connectivity index (χ1v) is 9.03. The molecule has 0 atom stereocenters. The van der Waals surface area contributed by atoms with Gasteiger partial charge in [-0.15, -0.1) is 0 Å². The van der Waals surface area contributed by atoms with E-state index >= 15 is 0 Å². The van der Waals surface area contributed by atoms with Crippen LogP contribution in [0.3, 0.4) is 0 Å². The number of allylic oxidation sites excluding steroid dienone is 1. The number of aromatic nitrogens is 1. The van der Waals surface area contributed by atoms with E-state index in [-0.39, 0.29) is 5.78 Å². The van der Waals surface area contributed by atoms with Gasteiger partial charge in [-0.1, -0.05) is 24.3 Å². The third-order valence-electron chi connectivity index (χ3n) is 4.25. The number of carbonyl (C=O) groups excluding carboxylic acids is 1. The van der Waals surface area contributed by atoms with E-state index in [1.165, 1.54) is 0 Å². The maximum absolute atomic E-state index is 12.4. The minimum atomic E-state index is -0.0903. The average molecular weight is 373 g/mol. The molecule has 1 aliphatic rings. The van der Waals surface area contributed by atoms with Crippen LogP contribution in [-0.2, 0) is 6.61 Å². The number of benzene rings is 2. The normalized spacial score (nSPS) is 12.7. The van der Waals surface area contributed by atoms with E-state index in [0.29, 0.717) is 36.9 Å². The average Bonchev–Trinajstić information content (AvgIpc) is 2.77. The summed E-state index contributed by atoms with van der Waals surface area (Å²) >= 11 is 0. The van der Waals surface area contributed by atoms with Crippen molar-refractivity contribution < 1.29 is 19.0 Å². The van der Waals surface area contributed by atoms with Crippen LogP contribution < -0.4 is 14.2 Å². The smallest absolute Gasteiger partial charge is 0.185 e. The lowest BCUT2D eigenvalue weighted by atomic mass is 10.1. The van der Waals surface area contributed by atoms with Crippen molar-refractivity contribution in [1.29, 1.82) is 0 Å². The fourth-order valence-corrected chi connectivity index (χ4v) is 2.78. The summed E-state index contributed by atoms with van der Waals surface area (Å²) in [5, 5.41) is 0. The molecule has 0 saturated heterocycles. The van der Waals surface area contributed by atoms with E-state index in [4.69, 9.17) is 14.2 Å². The van der Waals surface area contributed by atoms with Gasteiger partial charge in [0.1, 0.15) is 25.6 Å². The summed E-state index contributed by atoms with van der Waals surface area (Å²) in [5.41, 5.74) is 2.35. The van der Waals surface area contributed by atoms with Crippen LogP contribution >= 0.6 is 0 Å². The van der Waals surface area contributed by atoms with Gasteiger partial charge in [0.15, 0.2) is 17.3 Å². The van der Waals surface area contributed by atoms with Crippen molar-refractivity contribution in [3.05, 3.63) is 89.8 Å². The standard InChI is InChI=1S/C23H19NO4/c25-21(18-7-11-22-23(15-18)27-14-13-26-22)10-6-17-4-8-20(9-5-17)28-16-19-3-1-2-12-24-19/h1-12,15H,13-14,16H2/b10-6+. The molecule has 28 heavy (non-hydrogen) atoms. The van der Waals surface area contributed by atoms with Gasteiger partial charge in [-0.2, -0.15) is 0 Å². The predicted octanol–water partition coefficient (Wildman–Crippen LogP) is 4.33. The third kappa shape index (κ3) is 4.38. The van der Waals surface area contributed by atoms with Crippen molar-refractivity contribution in [1.82, 2.24) is 4.98 Å². The second kappa shape index (κ2) is 8.39. The molecule has 1 aromatic heterocycles. The van der Waals surface area contributed by atoms with Crippen LogP contribution in [0, 0.1) is 0 Å². The quantitative estimate of drug-likeness (QED) is 0.476. The molecule has 2 heterocycles. The first-order valence-electron chi connectivity index (χ1n) is 9.03. The van der Waals surface area contributed by atoms with E-state index in [1.54, 1.807) is 36.5 Å². The van der Waals surface area contributed by atoms with Crippen LogP contribution in [0.15, 0.2) is 72.9 Å². The van der Waals surface area contributed by atoms with Crippen molar-refractivity contribution in [3.63, 3.8) is 0 Å². The molecule has 0 spiro atoms. The number of hydrogen-bond acceptors (Lipinski definition) is 5. The highest BCUT2D eigenvalue weighted by Gasteiger charge is 2.13. The summed E-state index contributed by atoms with van der Waals surface area (Å²) < 4.78 is 16.7. The molecule has 140 valence electrons. The lowest BCUT2D eigenvalue weighted by Crippen LogP contribution is -2.15. The van der Waals surface area contributed by atoms with Crippen LogP contribution in [-0.4, -0.2) is 24.0 Å². The Hall–Kier alpha value is -3.60. The molecule has 0 aliphatic carbocycles. The van der Waals surface area contributed by atoms with E-state index in [1.807, 2.05) is 42.5 Å². The molecule has 1 aliphatic heterocycles. The molecule has 0 saturated carbocycles. The molecule has 0 N–H and O–H groups in total. The van der Waals surface area contributed by atoms with Gasteiger partial charge in [0, 0.05) is 11.8 Å². The summed E-state index contributed by atoms with van der Waals surface area (Å²) in [5.74, 6) is 1.95. The van der Waals surface area contributed by atoms with Crippen LogP contribution in [0.2, 0.25) is 0 Å². The van der Waals surface area contributed by atoms with Crippen LogP contribution in [0.4, 0.5) is 0 Å². The van der Waals surface area contributed by atoms with Gasteiger partial charge in [0.05, 0.1) is 5.69 Å². The predicted molar refractivity (Wildman–Crippen MR) is 106 cm³/mol. The van der Waals surface area contributed by atoms with E-state index in [2.05, 4.69) is 4.98 Å². The third-order valence-corrected chi connectivity index (χ3v) is 4.25. The lowest BCUT2D eigenvalue weighted by molar-refractivity contribution is 0.104. The molecular formula is C23H19NO4. The highest BCUT2D eigenvalue weighted by Crippen LogP contribution is 2.31. The van der Waals surface area contributed by atoms with Crippen LogP contribution in [0.1, 0.15) is 21.6 Å². The second-order valence-corrected chi connectivity index (χ2v) is 6.23. The first-order chi connectivity index (χ1) is 13.8. The zero-order valence-corrected chi connectivity index (χ0v) is 15.2. The molecule has 0 radical (unpaired) electrons. The van der Waals surface area contributed by atoms with Gasteiger partial charge in [-0.25, -0.2) is 0 Å². The van der Waals surface area contributed by atoms with E-state index in [0.717, 1.165) is 17.0 Å². The Morgan fingerprint density at radius 3 is 2.61 bits per heavy atom. The summed E-state index contributed by atoms with van der Waals surface area (Å²) in [6.45, 7) is 1.44. The lowest BCUT2D eigenvalue weighted by Gasteiger charge is -2.18. The maximum Gasteiger partial charge on any atom is 0.185 e. The van der Waals surface area contributed by atoms with Crippen molar-refractivity contribution in [2.45, 2.75) is 6.61 Å². The number of carbonyl (C=O) groups is 1. The number of ketones is 1. The largest absolute Gasteiger partial charge is 0.487 e. The number of ether oxygens (including phenoxy) is 3. The molecule has 2 aromatic carbocycles. The maximum atomic E-state index is 12.4. The Balaban J connectivity index is 1.37. The summed E-state index contributed by atoms with van der Waals surface area (Å²) in [7, 11) is 0. The van der Waals surface area contributed by atoms with Crippen molar-refractivity contribution >= 4 is 11.9 Å². The van der Waals surface area contributed by atoms with Gasteiger partial charge in [-0.3, -0.25) is 9.78 Å². The summed E-state index contributed by atoms with van der Waals surface area (Å²) in [4.78, 5) is 16.6. The molecule has 5 heteroatoms. The van der Waals surface area contributed by atoms with Gasteiger partial charge >= 0.3 is 0 Å². The number of fused-ring (bicyclic) bond motifs is 1. The molecule has 0 unspecified atom stereocenters. The zero-order valence-electron chi connectivity index (χ0n) is 15.2. The van der Waals surface area contributed by atoms with Crippen LogP contribution in [0.5, 0.6) is 17.2 Å². The Bertz CT molecular complexity index is 981. The minimum Gasteiger partial charge on any atom is -0.487 e. The molecule has 5 nitrogen and oxygen atoms in total. The number of nitrogens with zero attached hydrogens (tertiary/aromatic N) is 1. The van der Waals surface area contributed by atoms with Crippen LogP contribution in [0.25, 0.3) is 6.08 Å². The Labute approximate surface area is 163 Å². The minimum absolute atomic E-state index is 0.0903. The SMILES string of the molecule is O=C(/C=C/c1ccc(OCc2ccccn2)cc1)c1ccc2c(c1)OCCO2. The molecule has 4 rings (SSSR count). The molecule has 0 fully saturated rings. The molecule has 0 bridgehead atoms. The fraction of sp³-hybridized carbons (Fsp3) is 0.130. The molecule has 3 aromatic rings. The Morgan fingerprint density at radius 1 is 1.00 bits per heavy atom. The fourth-order valence-electron chi connectivity index (χ4n) is 2.78. The monoisotopic (exact) mass is 373 g/mol. The number of pyridine rings is 1. The Morgan fingerprint density at radius 2 is 1.82 bits per heavy atom.